The Balaban J connectivity index is 1.53. The third kappa shape index (κ3) is 3.87. The predicted octanol–water partition coefficient (Wildman–Crippen LogP) is 2.27. The van der Waals surface area contributed by atoms with Crippen LogP contribution in [-0.4, -0.2) is 23.3 Å². The van der Waals surface area contributed by atoms with Gasteiger partial charge in [0.1, 0.15) is 0 Å². The average molecular weight is 334 g/mol. The Morgan fingerprint density at radius 3 is 2.68 bits per heavy atom. The molecule has 0 spiro atoms. The number of H-pyrrole nitrogens is 1. The highest BCUT2D eigenvalue weighted by Crippen LogP contribution is 2.18. The number of benzene rings is 2. The third-order valence-corrected chi connectivity index (χ3v) is 3.74. The molecule has 25 heavy (non-hydrogen) atoms. The highest BCUT2D eigenvalue weighted by atomic mass is 16.2. The third-order valence-electron chi connectivity index (χ3n) is 3.74. The van der Waals surface area contributed by atoms with Crippen LogP contribution in [0, 0.1) is 0 Å². The minimum Gasteiger partial charge on any atom is -0.398 e. The molecule has 2 amide bonds. The first kappa shape index (κ1) is 16.3. The molecule has 0 unspecified atom stereocenters. The van der Waals surface area contributed by atoms with E-state index in [-0.39, 0.29) is 18.4 Å². The molecule has 0 bridgehead atoms. The number of hydrogen-bond acceptors (Lipinski definition) is 3. The molecule has 1 heterocycles. The Morgan fingerprint density at radius 2 is 1.84 bits per heavy atom. The molecule has 0 radical (unpaired) electrons. The van der Waals surface area contributed by atoms with Crippen LogP contribution in [0.3, 0.4) is 0 Å². The van der Waals surface area contributed by atoms with E-state index in [1.807, 2.05) is 30.5 Å². The number of hydrogen-bond donors (Lipinski definition) is 4. The summed E-state index contributed by atoms with van der Waals surface area (Å²) in [7, 11) is 0. The van der Waals surface area contributed by atoms with Crippen LogP contribution in [0.5, 0.6) is 0 Å². The van der Waals surface area contributed by atoms with Crippen molar-refractivity contribution in [1.82, 2.24) is 15.6 Å². The first-order chi connectivity index (χ1) is 12.1. The summed E-state index contributed by atoms with van der Waals surface area (Å²) in [6.07, 6.45) is 5.22. The molecule has 3 aromatic rings. The van der Waals surface area contributed by atoms with Crippen molar-refractivity contribution < 1.29 is 9.59 Å². The van der Waals surface area contributed by atoms with Gasteiger partial charge in [0, 0.05) is 34.6 Å². The van der Waals surface area contributed by atoms with Crippen molar-refractivity contribution >= 4 is 34.5 Å². The smallest absolute Gasteiger partial charge is 0.253 e. The lowest BCUT2D eigenvalue weighted by Gasteiger charge is -2.06. The van der Waals surface area contributed by atoms with E-state index in [9.17, 15) is 9.59 Å². The normalized spacial score (nSPS) is 10.9. The van der Waals surface area contributed by atoms with E-state index in [1.54, 1.807) is 36.5 Å². The van der Waals surface area contributed by atoms with E-state index in [2.05, 4.69) is 15.6 Å². The number of aromatic nitrogens is 1. The van der Waals surface area contributed by atoms with Crippen LogP contribution in [0.2, 0.25) is 0 Å². The first-order valence-corrected chi connectivity index (χ1v) is 7.80. The van der Waals surface area contributed by atoms with E-state index >= 15 is 0 Å². The van der Waals surface area contributed by atoms with Gasteiger partial charge in [0.05, 0.1) is 12.1 Å². The molecule has 0 aliphatic carbocycles. The van der Waals surface area contributed by atoms with Crippen LogP contribution < -0.4 is 16.4 Å². The number of nitrogen functional groups attached to an aromatic ring is 1. The number of aromatic amines is 1. The maximum atomic E-state index is 12.0. The molecule has 2 aromatic carbocycles. The number of nitrogens with two attached hydrogens (primary N) is 1. The summed E-state index contributed by atoms with van der Waals surface area (Å²) in [6.45, 7) is -0.134. The quantitative estimate of drug-likeness (QED) is 0.539. The molecular weight excluding hydrogens is 316 g/mol. The summed E-state index contributed by atoms with van der Waals surface area (Å²) in [5.74, 6) is -0.701. The number of nitrogens with one attached hydrogen (secondary N) is 3. The SMILES string of the molecule is Nc1ccccc1C(=O)NCC(=O)NC=Cc1c[nH]c2ccccc12. The number of carbonyl (C=O) groups excluding carboxylic acids is 2. The molecule has 0 saturated heterocycles. The second-order valence-electron chi connectivity index (χ2n) is 5.46. The molecule has 0 fully saturated rings. The molecule has 0 atom stereocenters. The van der Waals surface area contributed by atoms with Crippen molar-refractivity contribution in [1.29, 1.82) is 0 Å². The molecule has 6 nitrogen and oxygen atoms in total. The average Bonchev–Trinajstić information content (AvgIpc) is 3.03. The van der Waals surface area contributed by atoms with Gasteiger partial charge in [0.25, 0.3) is 5.91 Å². The lowest BCUT2D eigenvalue weighted by atomic mass is 10.1. The zero-order chi connectivity index (χ0) is 17.6. The minimum atomic E-state index is -0.381. The topological polar surface area (TPSA) is 100 Å². The lowest BCUT2D eigenvalue weighted by Crippen LogP contribution is -2.35. The van der Waals surface area contributed by atoms with E-state index in [4.69, 9.17) is 5.73 Å². The van der Waals surface area contributed by atoms with Gasteiger partial charge in [0.15, 0.2) is 0 Å². The Morgan fingerprint density at radius 1 is 1.08 bits per heavy atom. The lowest BCUT2D eigenvalue weighted by molar-refractivity contribution is -0.119. The molecule has 6 heteroatoms. The van der Waals surface area contributed by atoms with Crippen molar-refractivity contribution in [3.05, 3.63) is 72.1 Å². The van der Waals surface area contributed by atoms with Gasteiger partial charge in [-0.3, -0.25) is 9.59 Å². The zero-order valence-corrected chi connectivity index (χ0v) is 13.5. The van der Waals surface area contributed by atoms with Gasteiger partial charge in [0.2, 0.25) is 5.91 Å². The summed E-state index contributed by atoms with van der Waals surface area (Å²) in [4.78, 5) is 27.0. The maximum absolute atomic E-state index is 12.0. The van der Waals surface area contributed by atoms with E-state index < -0.39 is 0 Å². The molecule has 0 aliphatic heterocycles. The largest absolute Gasteiger partial charge is 0.398 e. The van der Waals surface area contributed by atoms with Crippen LogP contribution in [-0.2, 0) is 4.79 Å². The fourth-order valence-corrected chi connectivity index (χ4v) is 2.47. The summed E-state index contributed by atoms with van der Waals surface area (Å²) in [5.41, 5.74) is 8.46. The van der Waals surface area contributed by atoms with Gasteiger partial charge in [-0.2, -0.15) is 0 Å². The van der Waals surface area contributed by atoms with Crippen molar-refractivity contribution in [3.63, 3.8) is 0 Å². The summed E-state index contributed by atoms with van der Waals surface area (Å²) < 4.78 is 0. The number of para-hydroxylation sites is 2. The molecule has 5 N–H and O–H groups in total. The number of rotatable bonds is 5. The number of fused-ring (bicyclic) bond motifs is 1. The molecule has 3 rings (SSSR count). The van der Waals surface area contributed by atoms with Crippen molar-refractivity contribution in [2.24, 2.45) is 0 Å². The molecule has 126 valence electrons. The van der Waals surface area contributed by atoms with Gasteiger partial charge in [-0.1, -0.05) is 30.3 Å². The van der Waals surface area contributed by atoms with E-state index in [0.717, 1.165) is 16.5 Å². The summed E-state index contributed by atoms with van der Waals surface area (Å²) >= 11 is 0. The van der Waals surface area contributed by atoms with E-state index in [1.165, 1.54) is 0 Å². The summed E-state index contributed by atoms with van der Waals surface area (Å²) in [6, 6.07) is 14.6. The maximum Gasteiger partial charge on any atom is 0.253 e. The van der Waals surface area contributed by atoms with Crippen LogP contribution in [0.4, 0.5) is 5.69 Å². The van der Waals surface area contributed by atoms with Gasteiger partial charge in [-0.25, -0.2) is 0 Å². The first-order valence-electron chi connectivity index (χ1n) is 7.80. The molecule has 1 aromatic heterocycles. The number of amides is 2. The van der Waals surface area contributed by atoms with E-state index in [0.29, 0.717) is 11.3 Å². The van der Waals surface area contributed by atoms with Crippen molar-refractivity contribution in [2.45, 2.75) is 0 Å². The number of carbonyl (C=O) groups is 2. The Labute approximate surface area is 144 Å². The molecular formula is C19H18N4O2. The Hall–Kier alpha value is -3.54. The van der Waals surface area contributed by atoms with Gasteiger partial charge < -0.3 is 21.4 Å². The second kappa shape index (κ2) is 7.35. The fourth-order valence-electron chi connectivity index (χ4n) is 2.47. The van der Waals surface area contributed by atoms with Crippen LogP contribution >= 0.6 is 0 Å². The van der Waals surface area contributed by atoms with Crippen molar-refractivity contribution in [3.8, 4) is 0 Å². The number of anilines is 1. The Kier molecular flexibility index (Phi) is 4.80. The summed E-state index contributed by atoms with van der Waals surface area (Å²) in [5, 5.41) is 6.24. The highest BCUT2D eigenvalue weighted by Gasteiger charge is 2.09. The van der Waals surface area contributed by atoms with Gasteiger partial charge >= 0.3 is 0 Å². The predicted molar refractivity (Wildman–Crippen MR) is 98.7 cm³/mol. The minimum absolute atomic E-state index is 0.134. The van der Waals surface area contributed by atoms with Crippen LogP contribution in [0.25, 0.3) is 17.0 Å². The van der Waals surface area contributed by atoms with Crippen LogP contribution in [0.1, 0.15) is 15.9 Å². The Bertz CT molecular complexity index is 943. The zero-order valence-electron chi connectivity index (χ0n) is 13.5. The van der Waals surface area contributed by atoms with Crippen molar-refractivity contribution in [2.75, 3.05) is 12.3 Å². The van der Waals surface area contributed by atoms with Gasteiger partial charge in [-0.05, 0) is 24.3 Å². The molecule has 0 saturated carbocycles. The standard InChI is InChI=1S/C19H18N4O2/c20-16-7-3-1-6-15(16)19(25)23-12-18(24)21-10-9-13-11-22-17-8-4-2-5-14(13)17/h1-11,22H,12,20H2,(H,21,24)(H,23,25). The van der Waals surface area contributed by atoms with Gasteiger partial charge in [-0.15, -0.1) is 0 Å². The monoisotopic (exact) mass is 334 g/mol. The van der Waals surface area contributed by atoms with Crippen LogP contribution in [0.15, 0.2) is 60.9 Å². The molecule has 0 aliphatic rings. The second-order valence-corrected chi connectivity index (χ2v) is 5.46. The highest BCUT2D eigenvalue weighted by molar-refractivity contribution is 6.00. The fraction of sp³-hybridized carbons (Fsp3) is 0.0526.